The van der Waals surface area contributed by atoms with E-state index in [0.29, 0.717) is 6.04 Å². The summed E-state index contributed by atoms with van der Waals surface area (Å²) in [5.41, 5.74) is 2.44. The van der Waals surface area contributed by atoms with Gasteiger partial charge in [-0.25, -0.2) is 0 Å². The van der Waals surface area contributed by atoms with Gasteiger partial charge >= 0.3 is 0 Å². The van der Waals surface area contributed by atoms with E-state index in [4.69, 9.17) is 0 Å². The molecular weight excluding hydrogens is 230 g/mol. The van der Waals surface area contributed by atoms with Gasteiger partial charge in [0.2, 0.25) is 0 Å². The lowest BCUT2D eigenvalue weighted by molar-refractivity contribution is 0.499. The van der Waals surface area contributed by atoms with Crippen LogP contribution in [0.15, 0.2) is 6.07 Å². The normalized spacial score (nSPS) is 24.4. The Labute approximate surface area is 108 Å². The van der Waals surface area contributed by atoms with Gasteiger partial charge in [0.05, 0.1) is 11.4 Å². The smallest absolute Gasteiger partial charge is 0.0597 e. The zero-order chi connectivity index (χ0) is 12.3. The van der Waals surface area contributed by atoms with E-state index in [1.807, 2.05) is 11.8 Å². The molecule has 0 spiro atoms. The summed E-state index contributed by atoms with van der Waals surface area (Å²) in [6.45, 7) is 6.13. The zero-order valence-corrected chi connectivity index (χ0v) is 11.9. The number of nitrogens with zero attached hydrogens (tertiary/aromatic N) is 2. The molecule has 1 aromatic heterocycles. The number of hydrogen-bond acceptors (Lipinski definition) is 3. The second-order valence-corrected chi connectivity index (χ2v) is 5.98. The van der Waals surface area contributed by atoms with Crippen LogP contribution in [-0.2, 0) is 13.1 Å². The SMILES string of the molecule is CCn1nc(C)cc1CNC1CCC(SC)C1. The summed E-state index contributed by atoms with van der Waals surface area (Å²) in [5, 5.41) is 9.02. The topological polar surface area (TPSA) is 29.9 Å². The van der Waals surface area contributed by atoms with Crippen molar-refractivity contribution in [3.05, 3.63) is 17.5 Å². The van der Waals surface area contributed by atoms with Crippen LogP contribution in [0.25, 0.3) is 0 Å². The van der Waals surface area contributed by atoms with Gasteiger partial charge in [0.1, 0.15) is 0 Å². The number of hydrogen-bond donors (Lipinski definition) is 1. The first-order chi connectivity index (χ1) is 8.22. The molecule has 1 fully saturated rings. The minimum absolute atomic E-state index is 0.702. The first-order valence-electron chi connectivity index (χ1n) is 6.52. The predicted molar refractivity (Wildman–Crippen MR) is 74.4 cm³/mol. The van der Waals surface area contributed by atoms with Crippen LogP contribution < -0.4 is 5.32 Å². The number of aryl methyl sites for hydroxylation is 2. The summed E-state index contributed by atoms with van der Waals surface area (Å²) in [7, 11) is 0. The van der Waals surface area contributed by atoms with Crippen molar-refractivity contribution in [3.8, 4) is 0 Å². The molecule has 1 aromatic rings. The Morgan fingerprint density at radius 2 is 2.35 bits per heavy atom. The van der Waals surface area contributed by atoms with Crippen LogP contribution in [0.4, 0.5) is 0 Å². The van der Waals surface area contributed by atoms with Crippen LogP contribution >= 0.6 is 11.8 Å². The summed E-state index contributed by atoms with van der Waals surface area (Å²) in [6.07, 6.45) is 6.23. The van der Waals surface area contributed by atoms with Crippen LogP contribution in [0.3, 0.4) is 0 Å². The molecule has 3 nitrogen and oxygen atoms in total. The molecule has 4 heteroatoms. The fourth-order valence-electron chi connectivity index (χ4n) is 2.60. The Hall–Kier alpha value is -0.480. The quantitative estimate of drug-likeness (QED) is 0.875. The summed E-state index contributed by atoms with van der Waals surface area (Å²) in [4.78, 5) is 0. The zero-order valence-electron chi connectivity index (χ0n) is 11.1. The summed E-state index contributed by atoms with van der Waals surface area (Å²) < 4.78 is 2.10. The lowest BCUT2D eigenvalue weighted by Gasteiger charge is -2.13. The van der Waals surface area contributed by atoms with E-state index in [1.54, 1.807) is 0 Å². The predicted octanol–water partition coefficient (Wildman–Crippen LogP) is 2.59. The molecule has 1 saturated carbocycles. The van der Waals surface area contributed by atoms with Gasteiger partial charge in [0.25, 0.3) is 0 Å². The Morgan fingerprint density at radius 3 is 3.00 bits per heavy atom. The average Bonchev–Trinajstić information content (AvgIpc) is 2.92. The summed E-state index contributed by atoms with van der Waals surface area (Å²) in [5.74, 6) is 0. The third-order valence-corrected chi connectivity index (χ3v) is 4.67. The third kappa shape index (κ3) is 3.26. The van der Waals surface area contributed by atoms with Crippen molar-refractivity contribution in [3.63, 3.8) is 0 Å². The fourth-order valence-corrected chi connectivity index (χ4v) is 3.40. The average molecular weight is 253 g/mol. The van der Waals surface area contributed by atoms with Gasteiger partial charge in [-0.1, -0.05) is 0 Å². The summed E-state index contributed by atoms with van der Waals surface area (Å²) >= 11 is 2.01. The lowest BCUT2D eigenvalue weighted by atomic mass is 10.2. The van der Waals surface area contributed by atoms with Gasteiger partial charge in [0.15, 0.2) is 0 Å². The molecule has 1 aliphatic carbocycles. The van der Waals surface area contributed by atoms with Crippen LogP contribution in [0.5, 0.6) is 0 Å². The number of nitrogens with one attached hydrogen (secondary N) is 1. The molecule has 2 unspecified atom stereocenters. The number of rotatable bonds is 5. The Balaban J connectivity index is 1.85. The van der Waals surface area contributed by atoms with Crippen LogP contribution in [0, 0.1) is 6.92 Å². The van der Waals surface area contributed by atoms with E-state index >= 15 is 0 Å². The number of thioether (sulfide) groups is 1. The monoisotopic (exact) mass is 253 g/mol. The highest BCUT2D eigenvalue weighted by Crippen LogP contribution is 2.28. The molecule has 1 heterocycles. The summed E-state index contributed by atoms with van der Waals surface area (Å²) in [6, 6.07) is 2.89. The van der Waals surface area contributed by atoms with Gasteiger partial charge in [-0.05, 0) is 45.4 Å². The van der Waals surface area contributed by atoms with Crippen molar-refractivity contribution in [2.24, 2.45) is 0 Å². The molecule has 0 aromatic carbocycles. The molecule has 1 aliphatic rings. The Morgan fingerprint density at radius 1 is 1.53 bits per heavy atom. The van der Waals surface area contributed by atoms with Crippen molar-refractivity contribution in [2.45, 2.75) is 57.5 Å². The number of aromatic nitrogens is 2. The maximum Gasteiger partial charge on any atom is 0.0597 e. The lowest BCUT2D eigenvalue weighted by Crippen LogP contribution is -2.27. The van der Waals surface area contributed by atoms with Gasteiger partial charge in [0, 0.05) is 24.4 Å². The highest BCUT2D eigenvalue weighted by Gasteiger charge is 2.23. The van der Waals surface area contributed by atoms with Gasteiger partial charge in [-0.15, -0.1) is 0 Å². The standard InChI is InChI=1S/C13H23N3S/c1-4-16-12(7-10(2)15-16)9-14-11-5-6-13(8-11)17-3/h7,11,13-14H,4-6,8-9H2,1-3H3. The molecule has 96 valence electrons. The van der Waals surface area contributed by atoms with Crippen molar-refractivity contribution < 1.29 is 0 Å². The minimum Gasteiger partial charge on any atom is -0.308 e. The molecule has 0 radical (unpaired) electrons. The largest absolute Gasteiger partial charge is 0.308 e. The molecule has 0 bridgehead atoms. The maximum atomic E-state index is 4.48. The van der Waals surface area contributed by atoms with Gasteiger partial charge < -0.3 is 5.32 Å². The molecule has 0 saturated heterocycles. The van der Waals surface area contributed by atoms with Crippen molar-refractivity contribution >= 4 is 11.8 Å². The molecule has 17 heavy (non-hydrogen) atoms. The van der Waals surface area contributed by atoms with Gasteiger partial charge in [-0.3, -0.25) is 4.68 Å². The van der Waals surface area contributed by atoms with E-state index < -0.39 is 0 Å². The Kier molecular flexibility index (Phi) is 4.51. The van der Waals surface area contributed by atoms with Crippen LogP contribution in [0.2, 0.25) is 0 Å². The van der Waals surface area contributed by atoms with E-state index in [1.165, 1.54) is 25.0 Å². The first-order valence-corrected chi connectivity index (χ1v) is 7.81. The molecule has 0 aliphatic heterocycles. The second kappa shape index (κ2) is 5.91. The van der Waals surface area contributed by atoms with E-state index in [-0.39, 0.29) is 0 Å². The molecule has 2 atom stereocenters. The van der Waals surface area contributed by atoms with Crippen molar-refractivity contribution in [1.29, 1.82) is 0 Å². The van der Waals surface area contributed by atoms with E-state index in [9.17, 15) is 0 Å². The fraction of sp³-hybridized carbons (Fsp3) is 0.769. The second-order valence-electron chi connectivity index (χ2n) is 4.84. The maximum absolute atomic E-state index is 4.48. The van der Waals surface area contributed by atoms with Crippen molar-refractivity contribution in [1.82, 2.24) is 15.1 Å². The van der Waals surface area contributed by atoms with Crippen LogP contribution in [0.1, 0.15) is 37.6 Å². The van der Waals surface area contributed by atoms with E-state index in [0.717, 1.165) is 24.0 Å². The molecular formula is C13H23N3S. The Bertz CT molecular complexity index is 362. The molecule has 0 amide bonds. The highest BCUT2D eigenvalue weighted by atomic mass is 32.2. The van der Waals surface area contributed by atoms with Gasteiger partial charge in [-0.2, -0.15) is 16.9 Å². The minimum atomic E-state index is 0.702. The third-order valence-electron chi connectivity index (χ3n) is 3.57. The first kappa shape index (κ1) is 13.0. The van der Waals surface area contributed by atoms with E-state index in [2.05, 4.69) is 41.3 Å². The van der Waals surface area contributed by atoms with Crippen LogP contribution in [-0.4, -0.2) is 27.3 Å². The van der Waals surface area contributed by atoms with Crippen molar-refractivity contribution in [2.75, 3.05) is 6.26 Å². The molecule has 2 rings (SSSR count). The highest BCUT2D eigenvalue weighted by molar-refractivity contribution is 7.99. The molecule has 1 N–H and O–H groups in total.